The molecule has 0 aliphatic rings. The summed E-state index contributed by atoms with van der Waals surface area (Å²) in [4.78, 5) is 24.7. The number of benzene rings is 1. The van der Waals surface area contributed by atoms with Crippen molar-refractivity contribution in [3.05, 3.63) is 51.7 Å². The Morgan fingerprint density at radius 3 is 2.33 bits per heavy atom. The zero-order valence-corrected chi connectivity index (χ0v) is 13.1. The maximum absolute atomic E-state index is 12.2. The van der Waals surface area contributed by atoms with Crippen LogP contribution in [0, 0.1) is 13.8 Å². The number of carbonyl (C=O) groups is 2. The molecule has 0 saturated heterocycles. The molecule has 21 heavy (non-hydrogen) atoms. The molecule has 0 radical (unpaired) electrons. The molecular formula is C16H18N2O2S. The molecule has 0 saturated carbocycles. The first-order valence-electron chi connectivity index (χ1n) is 6.70. The second kappa shape index (κ2) is 6.54. The molecule has 1 atom stereocenters. The molecule has 5 heteroatoms. The van der Waals surface area contributed by atoms with E-state index in [1.165, 1.54) is 11.3 Å². The minimum Gasteiger partial charge on any atom is -0.340 e. The quantitative estimate of drug-likeness (QED) is 0.911. The normalized spacial score (nSPS) is 11.8. The lowest BCUT2D eigenvalue weighted by Crippen LogP contribution is -2.41. The topological polar surface area (TPSA) is 58.2 Å². The number of thiophene rings is 1. The molecule has 0 aliphatic carbocycles. The molecule has 0 aliphatic heterocycles. The SMILES string of the molecule is Cc1cccc(C)c1NC(=O)[C@H](C)NC(=O)c1cccs1. The van der Waals surface area contributed by atoms with Crippen LogP contribution in [0.5, 0.6) is 0 Å². The van der Waals surface area contributed by atoms with Crippen molar-refractivity contribution >= 4 is 28.8 Å². The number of amides is 2. The van der Waals surface area contributed by atoms with Gasteiger partial charge in [0.1, 0.15) is 6.04 Å². The lowest BCUT2D eigenvalue weighted by molar-refractivity contribution is -0.117. The summed E-state index contributed by atoms with van der Waals surface area (Å²) in [7, 11) is 0. The molecule has 0 unspecified atom stereocenters. The van der Waals surface area contributed by atoms with Crippen molar-refractivity contribution < 1.29 is 9.59 Å². The highest BCUT2D eigenvalue weighted by atomic mass is 32.1. The Bertz CT molecular complexity index is 630. The first kappa shape index (κ1) is 15.3. The van der Waals surface area contributed by atoms with Gasteiger partial charge in [0, 0.05) is 5.69 Å². The van der Waals surface area contributed by atoms with Crippen LogP contribution in [-0.2, 0) is 4.79 Å². The van der Waals surface area contributed by atoms with E-state index < -0.39 is 6.04 Å². The third kappa shape index (κ3) is 3.70. The summed E-state index contributed by atoms with van der Waals surface area (Å²) in [5.41, 5.74) is 2.81. The standard InChI is InChI=1S/C16H18N2O2S/c1-10-6-4-7-11(2)14(10)18-15(19)12(3)17-16(20)13-8-5-9-21-13/h4-9,12H,1-3H3,(H,17,20)(H,18,19)/t12-/m0/s1. The zero-order chi connectivity index (χ0) is 15.4. The van der Waals surface area contributed by atoms with Crippen LogP contribution in [0.15, 0.2) is 35.7 Å². The van der Waals surface area contributed by atoms with Gasteiger partial charge in [-0.15, -0.1) is 11.3 Å². The van der Waals surface area contributed by atoms with Gasteiger partial charge in [0.2, 0.25) is 5.91 Å². The van der Waals surface area contributed by atoms with Crippen LogP contribution >= 0.6 is 11.3 Å². The molecule has 2 aromatic rings. The van der Waals surface area contributed by atoms with Gasteiger partial charge in [-0.3, -0.25) is 9.59 Å². The Morgan fingerprint density at radius 1 is 1.10 bits per heavy atom. The van der Waals surface area contributed by atoms with E-state index in [9.17, 15) is 9.59 Å². The molecule has 0 fully saturated rings. The van der Waals surface area contributed by atoms with E-state index in [1.807, 2.05) is 37.4 Å². The summed E-state index contributed by atoms with van der Waals surface area (Å²) >= 11 is 1.35. The molecule has 4 nitrogen and oxygen atoms in total. The molecule has 1 aromatic carbocycles. The lowest BCUT2D eigenvalue weighted by atomic mass is 10.1. The monoisotopic (exact) mass is 302 g/mol. The molecule has 0 bridgehead atoms. The van der Waals surface area contributed by atoms with Gasteiger partial charge in [-0.25, -0.2) is 0 Å². The third-order valence-corrected chi connectivity index (χ3v) is 4.08. The fourth-order valence-electron chi connectivity index (χ4n) is 1.98. The number of carbonyl (C=O) groups excluding carboxylic acids is 2. The summed E-state index contributed by atoms with van der Waals surface area (Å²) in [5.74, 6) is -0.452. The van der Waals surface area contributed by atoms with Gasteiger partial charge < -0.3 is 10.6 Å². The van der Waals surface area contributed by atoms with Crippen LogP contribution in [0.3, 0.4) is 0 Å². The van der Waals surface area contributed by atoms with E-state index >= 15 is 0 Å². The molecule has 2 rings (SSSR count). The second-order valence-electron chi connectivity index (χ2n) is 4.93. The fraction of sp³-hybridized carbons (Fsp3) is 0.250. The number of nitrogens with one attached hydrogen (secondary N) is 2. The Hall–Kier alpha value is -2.14. The van der Waals surface area contributed by atoms with Crippen LogP contribution in [0.2, 0.25) is 0 Å². The van der Waals surface area contributed by atoms with Gasteiger partial charge in [-0.1, -0.05) is 24.3 Å². The number of para-hydroxylation sites is 1. The van der Waals surface area contributed by atoms with E-state index in [0.29, 0.717) is 4.88 Å². The van der Waals surface area contributed by atoms with Crippen molar-refractivity contribution in [3.8, 4) is 0 Å². The van der Waals surface area contributed by atoms with Crippen molar-refractivity contribution in [1.29, 1.82) is 0 Å². The highest BCUT2D eigenvalue weighted by Gasteiger charge is 2.18. The molecule has 1 aromatic heterocycles. The number of aryl methyl sites for hydroxylation is 2. The first-order chi connectivity index (χ1) is 9.99. The van der Waals surface area contributed by atoms with E-state index in [2.05, 4.69) is 10.6 Å². The van der Waals surface area contributed by atoms with Crippen molar-refractivity contribution in [2.24, 2.45) is 0 Å². The van der Waals surface area contributed by atoms with Crippen LogP contribution < -0.4 is 10.6 Å². The number of rotatable bonds is 4. The van der Waals surface area contributed by atoms with Gasteiger partial charge in [-0.05, 0) is 43.3 Å². The Balaban J connectivity index is 2.01. The van der Waals surface area contributed by atoms with Crippen LogP contribution in [-0.4, -0.2) is 17.9 Å². The van der Waals surface area contributed by atoms with Gasteiger partial charge in [-0.2, -0.15) is 0 Å². The molecular weight excluding hydrogens is 284 g/mol. The summed E-state index contributed by atoms with van der Waals surface area (Å²) < 4.78 is 0. The van der Waals surface area contributed by atoms with Crippen LogP contribution in [0.4, 0.5) is 5.69 Å². The summed E-state index contributed by atoms with van der Waals surface area (Å²) in [6, 6.07) is 8.77. The van der Waals surface area contributed by atoms with Crippen LogP contribution in [0.25, 0.3) is 0 Å². The Morgan fingerprint density at radius 2 is 1.76 bits per heavy atom. The number of anilines is 1. The van der Waals surface area contributed by atoms with Crippen LogP contribution in [0.1, 0.15) is 27.7 Å². The molecule has 110 valence electrons. The Labute approximate surface area is 128 Å². The molecule has 1 heterocycles. The number of hydrogen-bond donors (Lipinski definition) is 2. The minimum atomic E-state index is -0.599. The first-order valence-corrected chi connectivity index (χ1v) is 7.58. The van der Waals surface area contributed by atoms with Gasteiger partial charge in [0.25, 0.3) is 5.91 Å². The van der Waals surface area contributed by atoms with E-state index in [0.717, 1.165) is 16.8 Å². The second-order valence-corrected chi connectivity index (χ2v) is 5.88. The van der Waals surface area contributed by atoms with Gasteiger partial charge in [0.05, 0.1) is 4.88 Å². The minimum absolute atomic E-state index is 0.225. The third-order valence-electron chi connectivity index (χ3n) is 3.22. The predicted octanol–water partition coefficient (Wildman–Crippen LogP) is 3.12. The highest BCUT2D eigenvalue weighted by molar-refractivity contribution is 7.12. The highest BCUT2D eigenvalue weighted by Crippen LogP contribution is 2.19. The van der Waals surface area contributed by atoms with Crippen molar-refractivity contribution in [3.63, 3.8) is 0 Å². The van der Waals surface area contributed by atoms with Crippen molar-refractivity contribution in [2.45, 2.75) is 26.8 Å². The molecule has 2 amide bonds. The Kier molecular flexibility index (Phi) is 4.75. The predicted molar refractivity (Wildman–Crippen MR) is 85.8 cm³/mol. The molecule has 2 N–H and O–H groups in total. The summed E-state index contributed by atoms with van der Waals surface area (Å²) in [6.07, 6.45) is 0. The number of hydrogen-bond acceptors (Lipinski definition) is 3. The zero-order valence-electron chi connectivity index (χ0n) is 12.3. The molecule has 0 spiro atoms. The van der Waals surface area contributed by atoms with E-state index in [-0.39, 0.29) is 11.8 Å². The van der Waals surface area contributed by atoms with E-state index in [1.54, 1.807) is 19.1 Å². The largest absolute Gasteiger partial charge is 0.340 e. The average molecular weight is 302 g/mol. The average Bonchev–Trinajstić information content (AvgIpc) is 2.97. The van der Waals surface area contributed by atoms with Gasteiger partial charge in [0.15, 0.2) is 0 Å². The van der Waals surface area contributed by atoms with Crippen molar-refractivity contribution in [1.82, 2.24) is 5.32 Å². The fourth-order valence-corrected chi connectivity index (χ4v) is 2.61. The van der Waals surface area contributed by atoms with Crippen molar-refractivity contribution in [2.75, 3.05) is 5.32 Å². The maximum Gasteiger partial charge on any atom is 0.261 e. The van der Waals surface area contributed by atoms with Gasteiger partial charge >= 0.3 is 0 Å². The van der Waals surface area contributed by atoms with E-state index in [4.69, 9.17) is 0 Å². The lowest BCUT2D eigenvalue weighted by Gasteiger charge is -2.16. The summed E-state index contributed by atoms with van der Waals surface area (Å²) in [6.45, 7) is 5.56. The maximum atomic E-state index is 12.2. The summed E-state index contributed by atoms with van der Waals surface area (Å²) in [5, 5.41) is 7.41. The smallest absolute Gasteiger partial charge is 0.261 e.